The van der Waals surface area contributed by atoms with E-state index in [1.54, 1.807) is 18.3 Å². The standard InChI is InChI=1S/C17H31N3O2S.HI/c1-5-18-16(19-9-11-22-10-8-14(2)3)20-13-17(4,21)15-7-6-12-23-15;/h6-7,12,14,21H,5,8-11,13H2,1-4H3,(H2,18,19,20);1H. The Kier molecular flexibility index (Phi) is 12.7. The number of guanidine groups is 1. The van der Waals surface area contributed by atoms with Crippen LogP contribution in [0.5, 0.6) is 0 Å². The Balaban J connectivity index is 0.00000529. The van der Waals surface area contributed by atoms with Crippen LogP contribution in [0.2, 0.25) is 0 Å². The molecule has 1 rings (SSSR count). The Morgan fingerprint density at radius 1 is 1.38 bits per heavy atom. The van der Waals surface area contributed by atoms with E-state index in [2.05, 4.69) is 29.5 Å². The maximum absolute atomic E-state index is 10.5. The summed E-state index contributed by atoms with van der Waals surface area (Å²) in [7, 11) is 0. The number of hydrogen-bond donors (Lipinski definition) is 3. The zero-order chi connectivity index (χ0) is 17.1. The summed E-state index contributed by atoms with van der Waals surface area (Å²) in [6.45, 7) is 11.4. The van der Waals surface area contributed by atoms with Crippen molar-refractivity contribution in [1.29, 1.82) is 0 Å². The van der Waals surface area contributed by atoms with Gasteiger partial charge >= 0.3 is 0 Å². The highest BCUT2D eigenvalue weighted by Crippen LogP contribution is 2.25. The van der Waals surface area contributed by atoms with E-state index in [4.69, 9.17) is 4.74 Å². The molecular weight excluding hydrogens is 437 g/mol. The van der Waals surface area contributed by atoms with Crippen molar-refractivity contribution in [3.05, 3.63) is 22.4 Å². The van der Waals surface area contributed by atoms with Gasteiger partial charge in [0.2, 0.25) is 0 Å². The molecule has 3 N–H and O–H groups in total. The van der Waals surface area contributed by atoms with Crippen molar-refractivity contribution in [3.63, 3.8) is 0 Å². The minimum atomic E-state index is -0.940. The van der Waals surface area contributed by atoms with Crippen molar-refractivity contribution in [2.75, 3.05) is 32.8 Å². The van der Waals surface area contributed by atoms with E-state index in [-0.39, 0.29) is 24.0 Å². The third-order valence-electron chi connectivity index (χ3n) is 3.32. The van der Waals surface area contributed by atoms with E-state index in [0.29, 0.717) is 31.6 Å². The lowest BCUT2D eigenvalue weighted by Crippen LogP contribution is -2.40. The number of ether oxygens (including phenoxy) is 1. The second kappa shape index (κ2) is 12.9. The molecule has 0 radical (unpaired) electrons. The zero-order valence-corrected chi connectivity index (χ0v) is 18.3. The lowest BCUT2D eigenvalue weighted by molar-refractivity contribution is 0.0711. The van der Waals surface area contributed by atoms with Gasteiger partial charge in [-0.25, -0.2) is 4.99 Å². The van der Waals surface area contributed by atoms with Crippen LogP contribution < -0.4 is 10.6 Å². The molecule has 0 aliphatic rings. The summed E-state index contributed by atoms with van der Waals surface area (Å²) in [5, 5.41) is 18.9. The molecule has 24 heavy (non-hydrogen) atoms. The quantitative estimate of drug-likeness (QED) is 0.213. The number of aliphatic imine (C=N–C) groups is 1. The highest BCUT2D eigenvalue weighted by molar-refractivity contribution is 14.0. The molecule has 7 heteroatoms. The first-order valence-electron chi connectivity index (χ1n) is 8.32. The predicted octanol–water partition coefficient (Wildman–Crippen LogP) is 3.19. The minimum Gasteiger partial charge on any atom is -0.383 e. The fourth-order valence-corrected chi connectivity index (χ4v) is 2.68. The summed E-state index contributed by atoms with van der Waals surface area (Å²) in [5.74, 6) is 1.37. The molecule has 1 unspecified atom stereocenters. The molecule has 0 saturated carbocycles. The Morgan fingerprint density at radius 3 is 2.71 bits per heavy atom. The normalized spacial score (nSPS) is 14.2. The van der Waals surface area contributed by atoms with Crippen LogP contribution in [0.15, 0.2) is 22.5 Å². The fourth-order valence-electron chi connectivity index (χ4n) is 1.90. The van der Waals surface area contributed by atoms with Gasteiger partial charge in [-0.1, -0.05) is 19.9 Å². The molecule has 0 saturated heterocycles. The number of hydrogen-bond acceptors (Lipinski definition) is 4. The molecule has 1 aromatic rings. The Labute approximate surface area is 167 Å². The Bertz CT molecular complexity index is 451. The van der Waals surface area contributed by atoms with Crippen LogP contribution in [0.1, 0.15) is 39.0 Å². The van der Waals surface area contributed by atoms with Crippen LogP contribution in [0.25, 0.3) is 0 Å². The molecule has 140 valence electrons. The van der Waals surface area contributed by atoms with Crippen LogP contribution in [0, 0.1) is 5.92 Å². The molecule has 0 aromatic carbocycles. The average Bonchev–Trinajstić information content (AvgIpc) is 3.03. The first-order chi connectivity index (χ1) is 11.0. The number of nitrogens with one attached hydrogen (secondary N) is 2. The molecule has 0 aliphatic carbocycles. The van der Waals surface area contributed by atoms with Crippen molar-refractivity contribution in [1.82, 2.24) is 10.6 Å². The number of aliphatic hydroxyl groups is 1. The van der Waals surface area contributed by atoms with Crippen molar-refractivity contribution >= 4 is 41.3 Å². The monoisotopic (exact) mass is 469 g/mol. The topological polar surface area (TPSA) is 65.9 Å². The van der Waals surface area contributed by atoms with E-state index in [1.807, 2.05) is 24.4 Å². The van der Waals surface area contributed by atoms with Gasteiger partial charge in [0.1, 0.15) is 5.60 Å². The number of nitrogens with zero attached hydrogens (tertiary/aromatic N) is 1. The smallest absolute Gasteiger partial charge is 0.191 e. The minimum absolute atomic E-state index is 0. The van der Waals surface area contributed by atoms with Gasteiger partial charge in [-0.05, 0) is 37.6 Å². The van der Waals surface area contributed by atoms with Gasteiger partial charge in [-0.3, -0.25) is 0 Å². The largest absolute Gasteiger partial charge is 0.383 e. The molecule has 0 spiro atoms. The molecule has 1 atom stereocenters. The summed E-state index contributed by atoms with van der Waals surface area (Å²) in [6.07, 6.45) is 1.08. The molecule has 0 amide bonds. The highest BCUT2D eigenvalue weighted by atomic mass is 127. The summed E-state index contributed by atoms with van der Waals surface area (Å²) in [4.78, 5) is 5.41. The van der Waals surface area contributed by atoms with Crippen molar-refractivity contribution < 1.29 is 9.84 Å². The fraction of sp³-hybridized carbons (Fsp3) is 0.706. The second-order valence-corrected chi connectivity index (χ2v) is 7.12. The van der Waals surface area contributed by atoms with Crippen LogP contribution in [0.3, 0.4) is 0 Å². The van der Waals surface area contributed by atoms with Crippen molar-refractivity contribution in [2.45, 2.75) is 39.7 Å². The van der Waals surface area contributed by atoms with Crippen molar-refractivity contribution in [3.8, 4) is 0 Å². The number of thiophene rings is 1. The van der Waals surface area contributed by atoms with Gasteiger partial charge in [-0.15, -0.1) is 35.3 Å². The first-order valence-corrected chi connectivity index (χ1v) is 9.20. The molecule has 0 aliphatic heterocycles. The molecule has 5 nitrogen and oxygen atoms in total. The van der Waals surface area contributed by atoms with E-state index < -0.39 is 5.60 Å². The van der Waals surface area contributed by atoms with E-state index >= 15 is 0 Å². The van der Waals surface area contributed by atoms with E-state index in [9.17, 15) is 5.11 Å². The Hall–Kier alpha value is -0.380. The van der Waals surface area contributed by atoms with Gasteiger partial charge in [-0.2, -0.15) is 0 Å². The molecule has 1 aromatic heterocycles. The van der Waals surface area contributed by atoms with Gasteiger partial charge in [0.25, 0.3) is 0 Å². The van der Waals surface area contributed by atoms with Crippen molar-refractivity contribution in [2.24, 2.45) is 10.9 Å². The first kappa shape index (κ1) is 23.6. The molecular formula is C17H32IN3O2S. The maximum atomic E-state index is 10.5. The third-order valence-corrected chi connectivity index (χ3v) is 4.44. The molecule has 0 bridgehead atoms. The van der Waals surface area contributed by atoms with Crippen LogP contribution in [-0.2, 0) is 10.3 Å². The van der Waals surface area contributed by atoms with Crippen LogP contribution in [0.4, 0.5) is 0 Å². The zero-order valence-electron chi connectivity index (χ0n) is 15.2. The average molecular weight is 469 g/mol. The van der Waals surface area contributed by atoms with Crippen LogP contribution in [-0.4, -0.2) is 43.9 Å². The van der Waals surface area contributed by atoms with Gasteiger partial charge in [0, 0.05) is 24.6 Å². The summed E-state index contributed by atoms with van der Waals surface area (Å²) >= 11 is 1.54. The van der Waals surface area contributed by atoms with E-state index in [0.717, 1.165) is 24.4 Å². The molecule has 0 fully saturated rings. The second-order valence-electron chi connectivity index (χ2n) is 6.17. The van der Waals surface area contributed by atoms with Crippen LogP contribution >= 0.6 is 35.3 Å². The SMILES string of the molecule is CCNC(=NCC(C)(O)c1cccs1)NCCOCCC(C)C.I. The van der Waals surface area contributed by atoms with Gasteiger partial charge < -0.3 is 20.5 Å². The lowest BCUT2D eigenvalue weighted by Gasteiger charge is -2.20. The summed E-state index contributed by atoms with van der Waals surface area (Å²) < 4.78 is 5.58. The summed E-state index contributed by atoms with van der Waals surface area (Å²) in [5.41, 5.74) is -0.940. The lowest BCUT2D eigenvalue weighted by atomic mass is 10.1. The maximum Gasteiger partial charge on any atom is 0.191 e. The molecule has 1 heterocycles. The summed E-state index contributed by atoms with van der Waals surface area (Å²) in [6, 6.07) is 3.87. The number of rotatable bonds is 10. The third kappa shape index (κ3) is 9.80. The van der Waals surface area contributed by atoms with Gasteiger partial charge in [0.15, 0.2) is 5.96 Å². The highest BCUT2D eigenvalue weighted by Gasteiger charge is 2.23. The Morgan fingerprint density at radius 2 is 2.12 bits per heavy atom. The number of halogens is 1. The predicted molar refractivity (Wildman–Crippen MR) is 114 cm³/mol. The van der Waals surface area contributed by atoms with E-state index in [1.165, 1.54) is 0 Å². The van der Waals surface area contributed by atoms with Gasteiger partial charge in [0.05, 0.1) is 13.2 Å².